The number of rotatable bonds is 3. The third-order valence-corrected chi connectivity index (χ3v) is 4.46. The average Bonchev–Trinajstić information content (AvgIpc) is 2.75. The fourth-order valence-electron chi connectivity index (χ4n) is 2.21. The van der Waals surface area contributed by atoms with Crippen molar-refractivity contribution in [2.24, 2.45) is 5.92 Å². The monoisotopic (exact) mass is 282 g/mol. The zero-order valence-electron chi connectivity index (χ0n) is 11.0. The first-order valence-corrected chi connectivity index (χ1v) is 8.11. The lowest BCUT2D eigenvalue weighted by Crippen LogP contribution is -2.39. The Kier molecular flexibility index (Phi) is 3.91. The van der Waals surface area contributed by atoms with Crippen LogP contribution in [0.1, 0.15) is 13.3 Å². The summed E-state index contributed by atoms with van der Waals surface area (Å²) in [6.07, 6.45) is 2.12. The molecule has 1 aromatic rings. The molecular weight excluding hydrogens is 264 g/mol. The Labute approximate surface area is 113 Å². The number of carbonyl (C=O) groups is 1. The van der Waals surface area contributed by atoms with Gasteiger partial charge in [-0.15, -0.1) is 0 Å². The molecule has 1 aliphatic heterocycles. The van der Waals surface area contributed by atoms with Crippen LogP contribution >= 0.6 is 0 Å². The first-order chi connectivity index (χ1) is 8.88. The quantitative estimate of drug-likeness (QED) is 0.868. The molecule has 0 spiro atoms. The minimum Gasteiger partial charge on any atom is -0.325 e. The SMILES string of the molecule is CC1CCNC1C(=O)Nc1cccc(S(C)(=O)=O)c1. The number of benzene rings is 1. The van der Waals surface area contributed by atoms with Gasteiger partial charge in [0.15, 0.2) is 9.84 Å². The molecule has 0 aliphatic carbocycles. The first-order valence-electron chi connectivity index (χ1n) is 6.22. The van der Waals surface area contributed by atoms with Crippen molar-refractivity contribution in [2.75, 3.05) is 18.1 Å². The minimum absolute atomic E-state index is 0.115. The maximum atomic E-state index is 12.1. The van der Waals surface area contributed by atoms with E-state index in [2.05, 4.69) is 10.6 Å². The fraction of sp³-hybridized carbons (Fsp3) is 0.462. The zero-order valence-corrected chi connectivity index (χ0v) is 11.8. The number of sulfone groups is 1. The molecule has 1 amide bonds. The predicted molar refractivity (Wildman–Crippen MR) is 73.8 cm³/mol. The molecule has 5 nitrogen and oxygen atoms in total. The maximum absolute atomic E-state index is 12.1. The smallest absolute Gasteiger partial charge is 0.241 e. The number of hydrogen-bond donors (Lipinski definition) is 2. The number of nitrogens with one attached hydrogen (secondary N) is 2. The number of carbonyl (C=O) groups excluding carboxylic acids is 1. The van der Waals surface area contributed by atoms with Crippen molar-refractivity contribution in [3.63, 3.8) is 0 Å². The first kappa shape index (κ1) is 14.0. The van der Waals surface area contributed by atoms with E-state index in [4.69, 9.17) is 0 Å². The molecule has 0 saturated carbocycles. The molecule has 6 heteroatoms. The van der Waals surface area contributed by atoms with Gasteiger partial charge in [-0.2, -0.15) is 0 Å². The highest BCUT2D eigenvalue weighted by molar-refractivity contribution is 7.90. The highest BCUT2D eigenvalue weighted by Gasteiger charge is 2.29. The molecule has 2 unspecified atom stereocenters. The summed E-state index contributed by atoms with van der Waals surface area (Å²) in [5.74, 6) is 0.175. The maximum Gasteiger partial charge on any atom is 0.241 e. The second-order valence-electron chi connectivity index (χ2n) is 4.99. The summed E-state index contributed by atoms with van der Waals surface area (Å²) in [5, 5.41) is 5.90. The summed E-state index contributed by atoms with van der Waals surface area (Å²) < 4.78 is 22.9. The van der Waals surface area contributed by atoms with E-state index < -0.39 is 9.84 Å². The molecule has 1 fully saturated rings. The Morgan fingerprint density at radius 2 is 2.16 bits per heavy atom. The molecule has 2 N–H and O–H groups in total. The second-order valence-corrected chi connectivity index (χ2v) is 7.00. The van der Waals surface area contributed by atoms with Crippen LogP contribution in [-0.4, -0.2) is 33.2 Å². The Morgan fingerprint density at radius 1 is 1.42 bits per heavy atom. The Bertz CT molecular complexity index is 583. The van der Waals surface area contributed by atoms with Crippen LogP contribution in [0.3, 0.4) is 0 Å². The lowest BCUT2D eigenvalue weighted by molar-refractivity contribution is -0.118. The number of anilines is 1. The third-order valence-electron chi connectivity index (χ3n) is 3.35. The largest absolute Gasteiger partial charge is 0.325 e. The van der Waals surface area contributed by atoms with Crippen molar-refractivity contribution in [3.8, 4) is 0 Å². The molecule has 1 aromatic carbocycles. The van der Waals surface area contributed by atoms with Gasteiger partial charge in [0.05, 0.1) is 10.9 Å². The van der Waals surface area contributed by atoms with Crippen LogP contribution in [0.5, 0.6) is 0 Å². The molecule has 2 rings (SSSR count). The van der Waals surface area contributed by atoms with Gasteiger partial charge in [0.2, 0.25) is 5.91 Å². The van der Waals surface area contributed by atoms with E-state index in [9.17, 15) is 13.2 Å². The molecule has 1 saturated heterocycles. The third kappa shape index (κ3) is 3.33. The van der Waals surface area contributed by atoms with Gasteiger partial charge in [0.25, 0.3) is 0 Å². The zero-order chi connectivity index (χ0) is 14.0. The summed E-state index contributed by atoms with van der Waals surface area (Å²) in [6, 6.07) is 6.10. The van der Waals surface area contributed by atoms with E-state index in [0.29, 0.717) is 5.69 Å². The van der Waals surface area contributed by atoms with Crippen LogP contribution in [0.15, 0.2) is 29.2 Å². The topological polar surface area (TPSA) is 75.3 Å². The van der Waals surface area contributed by atoms with E-state index in [0.717, 1.165) is 19.2 Å². The average molecular weight is 282 g/mol. The van der Waals surface area contributed by atoms with Gasteiger partial charge in [-0.3, -0.25) is 4.79 Å². The fourth-order valence-corrected chi connectivity index (χ4v) is 2.88. The van der Waals surface area contributed by atoms with Crippen LogP contribution in [0.2, 0.25) is 0 Å². The van der Waals surface area contributed by atoms with Gasteiger partial charge in [-0.05, 0) is 37.1 Å². The highest BCUT2D eigenvalue weighted by Crippen LogP contribution is 2.19. The van der Waals surface area contributed by atoms with E-state index >= 15 is 0 Å². The summed E-state index contributed by atoms with van der Waals surface area (Å²) in [4.78, 5) is 12.3. The van der Waals surface area contributed by atoms with Crippen molar-refractivity contribution in [3.05, 3.63) is 24.3 Å². The minimum atomic E-state index is -3.26. The van der Waals surface area contributed by atoms with Gasteiger partial charge >= 0.3 is 0 Å². The molecule has 104 valence electrons. The molecule has 0 aromatic heterocycles. The molecule has 0 radical (unpaired) electrons. The van der Waals surface area contributed by atoms with Crippen LogP contribution in [0.25, 0.3) is 0 Å². The number of hydrogen-bond acceptors (Lipinski definition) is 4. The normalized spacial score (nSPS) is 23.3. The van der Waals surface area contributed by atoms with Gasteiger partial charge in [-0.25, -0.2) is 8.42 Å². The highest BCUT2D eigenvalue weighted by atomic mass is 32.2. The molecule has 1 heterocycles. The molecule has 1 aliphatic rings. The molecule has 19 heavy (non-hydrogen) atoms. The standard InChI is InChI=1S/C13H18N2O3S/c1-9-6-7-14-12(9)13(16)15-10-4-3-5-11(8-10)19(2,17)18/h3-5,8-9,12,14H,6-7H2,1-2H3,(H,15,16). The molecular formula is C13H18N2O3S. The van der Waals surface area contributed by atoms with Gasteiger partial charge < -0.3 is 10.6 Å². The van der Waals surface area contributed by atoms with Crippen molar-refractivity contribution < 1.29 is 13.2 Å². The van der Waals surface area contributed by atoms with E-state index in [-0.39, 0.29) is 22.8 Å². The number of amides is 1. The van der Waals surface area contributed by atoms with Crippen molar-refractivity contribution in [2.45, 2.75) is 24.3 Å². The van der Waals surface area contributed by atoms with E-state index in [1.54, 1.807) is 12.1 Å². The summed E-state index contributed by atoms with van der Waals surface area (Å²) in [7, 11) is -3.26. The summed E-state index contributed by atoms with van der Waals surface area (Å²) >= 11 is 0. The van der Waals surface area contributed by atoms with Crippen LogP contribution in [0.4, 0.5) is 5.69 Å². The van der Waals surface area contributed by atoms with Gasteiger partial charge in [0, 0.05) is 11.9 Å². The Hall–Kier alpha value is -1.40. The Morgan fingerprint density at radius 3 is 2.74 bits per heavy atom. The second kappa shape index (κ2) is 5.30. The van der Waals surface area contributed by atoms with Crippen LogP contribution in [0, 0.1) is 5.92 Å². The molecule has 2 atom stereocenters. The predicted octanol–water partition coefficient (Wildman–Crippen LogP) is 1.03. The van der Waals surface area contributed by atoms with Crippen molar-refractivity contribution in [1.82, 2.24) is 5.32 Å². The van der Waals surface area contributed by atoms with E-state index in [1.165, 1.54) is 12.1 Å². The van der Waals surface area contributed by atoms with Crippen molar-refractivity contribution in [1.29, 1.82) is 0 Å². The lowest BCUT2D eigenvalue weighted by atomic mass is 10.0. The summed E-state index contributed by atoms with van der Waals surface area (Å²) in [5.41, 5.74) is 0.508. The van der Waals surface area contributed by atoms with Crippen molar-refractivity contribution >= 4 is 21.4 Å². The van der Waals surface area contributed by atoms with Gasteiger partial charge in [-0.1, -0.05) is 13.0 Å². The van der Waals surface area contributed by atoms with Crippen LogP contribution < -0.4 is 10.6 Å². The van der Waals surface area contributed by atoms with Gasteiger partial charge in [0.1, 0.15) is 0 Å². The lowest BCUT2D eigenvalue weighted by Gasteiger charge is -2.15. The summed E-state index contributed by atoms with van der Waals surface area (Å²) in [6.45, 7) is 2.86. The van der Waals surface area contributed by atoms with E-state index in [1.807, 2.05) is 6.92 Å². The van der Waals surface area contributed by atoms with Crippen LogP contribution in [-0.2, 0) is 14.6 Å². The Balaban J connectivity index is 2.13. The molecule has 0 bridgehead atoms.